The molecule has 0 aliphatic rings. The van der Waals surface area contributed by atoms with Gasteiger partial charge in [0.05, 0.1) is 13.7 Å². The summed E-state index contributed by atoms with van der Waals surface area (Å²) < 4.78 is 9.62. The van der Waals surface area contributed by atoms with Crippen molar-refractivity contribution in [1.29, 1.82) is 0 Å². The van der Waals surface area contributed by atoms with Gasteiger partial charge in [-0.3, -0.25) is 10.1 Å². The van der Waals surface area contributed by atoms with Crippen molar-refractivity contribution in [3.05, 3.63) is 35.9 Å². The van der Waals surface area contributed by atoms with Crippen molar-refractivity contribution in [2.45, 2.75) is 12.6 Å². The second-order valence-electron chi connectivity index (χ2n) is 3.40. The number of esters is 1. The maximum absolute atomic E-state index is 11.4. The normalized spacial score (nSPS) is 12.1. The number of carbonyl (C=O) groups is 1. The van der Waals surface area contributed by atoms with E-state index in [4.69, 9.17) is 4.74 Å². The van der Waals surface area contributed by atoms with Crippen molar-refractivity contribution in [3.8, 4) is 0 Å². The van der Waals surface area contributed by atoms with E-state index in [1.807, 2.05) is 30.3 Å². The summed E-state index contributed by atoms with van der Waals surface area (Å²) in [7, 11) is 2.93. The molecule has 1 N–H and O–H groups in total. The number of benzene rings is 1. The number of hydrogen-bond donors (Lipinski definition) is 1. The van der Waals surface area contributed by atoms with Crippen molar-refractivity contribution >= 4 is 5.97 Å². The largest absolute Gasteiger partial charge is 0.468 e. The van der Waals surface area contributed by atoms with Crippen LogP contribution < -0.4 is 5.32 Å². The summed E-state index contributed by atoms with van der Waals surface area (Å²) in [5, 5.41) is 3.09. The molecule has 16 heavy (non-hydrogen) atoms. The molecule has 1 rings (SSSR count). The van der Waals surface area contributed by atoms with E-state index in [9.17, 15) is 4.79 Å². The van der Waals surface area contributed by atoms with Crippen LogP contribution in [0.25, 0.3) is 0 Å². The molecule has 1 aromatic rings. The highest BCUT2D eigenvalue weighted by atomic mass is 16.5. The first-order chi connectivity index (χ1) is 7.77. The predicted molar refractivity (Wildman–Crippen MR) is 61.0 cm³/mol. The molecule has 1 unspecified atom stereocenters. The molecule has 0 amide bonds. The van der Waals surface area contributed by atoms with Crippen LogP contribution in [0.5, 0.6) is 0 Å². The Morgan fingerprint density at radius 3 is 2.56 bits per heavy atom. The molecule has 0 saturated heterocycles. The number of hydrogen-bond acceptors (Lipinski definition) is 4. The van der Waals surface area contributed by atoms with Gasteiger partial charge in [-0.25, -0.2) is 0 Å². The number of nitrogens with one attached hydrogen (secondary N) is 1. The third-order valence-corrected chi connectivity index (χ3v) is 2.21. The van der Waals surface area contributed by atoms with Crippen LogP contribution >= 0.6 is 0 Å². The Labute approximate surface area is 95.6 Å². The van der Waals surface area contributed by atoms with Gasteiger partial charge in [0.2, 0.25) is 0 Å². The molecule has 1 aromatic carbocycles. The van der Waals surface area contributed by atoms with Crippen LogP contribution in [-0.2, 0) is 20.8 Å². The zero-order valence-electron chi connectivity index (χ0n) is 9.60. The van der Waals surface area contributed by atoms with Crippen LogP contribution in [0.1, 0.15) is 5.56 Å². The van der Waals surface area contributed by atoms with Gasteiger partial charge < -0.3 is 9.47 Å². The molecule has 0 heterocycles. The van der Waals surface area contributed by atoms with Crippen LogP contribution in [0.3, 0.4) is 0 Å². The quantitative estimate of drug-likeness (QED) is 0.730. The molecule has 4 nitrogen and oxygen atoms in total. The lowest BCUT2D eigenvalue weighted by molar-refractivity contribution is -0.144. The first kappa shape index (κ1) is 12.7. The van der Waals surface area contributed by atoms with Crippen molar-refractivity contribution in [1.82, 2.24) is 5.32 Å². The summed E-state index contributed by atoms with van der Waals surface area (Å²) in [4.78, 5) is 11.4. The average Bonchev–Trinajstić information content (AvgIpc) is 2.34. The maximum Gasteiger partial charge on any atom is 0.325 e. The van der Waals surface area contributed by atoms with E-state index in [1.165, 1.54) is 7.11 Å². The van der Waals surface area contributed by atoms with E-state index in [0.29, 0.717) is 13.2 Å². The topological polar surface area (TPSA) is 47.6 Å². The Morgan fingerprint density at radius 1 is 1.31 bits per heavy atom. The SMILES string of the molecule is COCC(NCc1ccccc1)C(=O)OC. The number of carbonyl (C=O) groups excluding carboxylic acids is 1. The van der Waals surface area contributed by atoms with Gasteiger partial charge in [-0.2, -0.15) is 0 Å². The molecule has 4 heteroatoms. The Hall–Kier alpha value is -1.39. The van der Waals surface area contributed by atoms with Crippen molar-refractivity contribution in [2.24, 2.45) is 0 Å². The lowest BCUT2D eigenvalue weighted by atomic mass is 10.2. The van der Waals surface area contributed by atoms with E-state index < -0.39 is 6.04 Å². The van der Waals surface area contributed by atoms with E-state index in [0.717, 1.165) is 5.56 Å². The van der Waals surface area contributed by atoms with Gasteiger partial charge in [-0.05, 0) is 5.56 Å². The molecule has 0 radical (unpaired) electrons. The first-order valence-electron chi connectivity index (χ1n) is 5.12. The van der Waals surface area contributed by atoms with Gasteiger partial charge in [0, 0.05) is 13.7 Å². The lowest BCUT2D eigenvalue weighted by Gasteiger charge is -2.15. The molecule has 0 spiro atoms. The second kappa shape index (κ2) is 6.98. The van der Waals surface area contributed by atoms with Crippen LogP contribution in [-0.4, -0.2) is 32.8 Å². The molecule has 0 saturated carbocycles. The average molecular weight is 223 g/mol. The van der Waals surface area contributed by atoms with Crippen molar-refractivity contribution < 1.29 is 14.3 Å². The third-order valence-electron chi connectivity index (χ3n) is 2.21. The molecule has 0 aromatic heterocycles. The number of rotatable bonds is 6. The summed E-state index contributed by atoms with van der Waals surface area (Å²) in [6, 6.07) is 9.44. The molecule has 0 aliphatic carbocycles. The predicted octanol–water partition coefficient (Wildman–Crippen LogP) is 0.964. The Morgan fingerprint density at radius 2 is 2.00 bits per heavy atom. The number of ether oxygens (including phenoxy) is 2. The molecule has 0 fully saturated rings. The van der Waals surface area contributed by atoms with Gasteiger partial charge in [-0.15, -0.1) is 0 Å². The zero-order valence-corrected chi connectivity index (χ0v) is 9.60. The zero-order chi connectivity index (χ0) is 11.8. The summed E-state index contributed by atoms with van der Waals surface area (Å²) in [6.07, 6.45) is 0. The van der Waals surface area contributed by atoms with Crippen LogP contribution in [0.2, 0.25) is 0 Å². The first-order valence-corrected chi connectivity index (χ1v) is 5.12. The van der Waals surface area contributed by atoms with E-state index >= 15 is 0 Å². The molecule has 88 valence electrons. The van der Waals surface area contributed by atoms with Gasteiger partial charge >= 0.3 is 5.97 Å². The molecular weight excluding hydrogens is 206 g/mol. The Bertz CT molecular complexity index is 313. The van der Waals surface area contributed by atoms with Crippen molar-refractivity contribution in [2.75, 3.05) is 20.8 Å². The smallest absolute Gasteiger partial charge is 0.325 e. The summed E-state index contributed by atoms with van der Waals surface area (Å²) in [6.45, 7) is 0.920. The van der Waals surface area contributed by atoms with Crippen LogP contribution in [0.4, 0.5) is 0 Å². The monoisotopic (exact) mass is 223 g/mol. The minimum atomic E-state index is -0.421. The highest BCUT2D eigenvalue weighted by Gasteiger charge is 2.17. The fourth-order valence-corrected chi connectivity index (χ4v) is 1.36. The standard InChI is InChI=1S/C12H17NO3/c1-15-9-11(12(14)16-2)13-8-10-6-4-3-5-7-10/h3-7,11,13H,8-9H2,1-2H3. The molecule has 1 atom stereocenters. The summed E-state index contributed by atoms with van der Waals surface area (Å²) in [5.74, 6) is -0.308. The fraction of sp³-hybridized carbons (Fsp3) is 0.417. The van der Waals surface area contributed by atoms with Crippen molar-refractivity contribution in [3.63, 3.8) is 0 Å². The third kappa shape index (κ3) is 4.00. The maximum atomic E-state index is 11.4. The molecule has 0 aliphatic heterocycles. The van der Waals surface area contributed by atoms with Gasteiger partial charge in [-0.1, -0.05) is 30.3 Å². The van der Waals surface area contributed by atoms with Gasteiger partial charge in [0.25, 0.3) is 0 Å². The van der Waals surface area contributed by atoms with Crippen LogP contribution in [0, 0.1) is 0 Å². The van der Waals surface area contributed by atoms with Crippen LogP contribution in [0.15, 0.2) is 30.3 Å². The van der Waals surface area contributed by atoms with Gasteiger partial charge in [0.1, 0.15) is 6.04 Å². The minimum Gasteiger partial charge on any atom is -0.468 e. The minimum absolute atomic E-state index is 0.305. The Balaban J connectivity index is 2.47. The molecular formula is C12H17NO3. The lowest BCUT2D eigenvalue weighted by Crippen LogP contribution is -2.40. The van der Waals surface area contributed by atoms with Gasteiger partial charge in [0.15, 0.2) is 0 Å². The van der Waals surface area contributed by atoms with E-state index in [-0.39, 0.29) is 5.97 Å². The molecule has 0 bridgehead atoms. The fourth-order valence-electron chi connectivity index (χ4n) is 1.36. The van der Waals surface area contributed by atoms with E-state index in [1.54, 1.807) is 7.11 Å². The van der Waals surface area contributed by atoms with E-state index in [2.05, 4.69) is 10.1 Å². The second-order valence-corrected chi connectivity index (χ2v) is 3.40. The summed E-state index contributed by atoms with van der Waals surface area (Å²) >= 11 is 0. The highest BCUT2D eigenvalue weighted by Crippen LogP contribution is 1.99. The Kier molecular flexibility index (Phi) is 5.53. The summed E-state index contributed by atoms with van der Waals surface area (Å²) in [5.41, 5.74) is 1.12. The highest BCUT2D eigenvalue weighted by molar-refractivity contribution is 5.75. The number of methoxy groups -OCH3 is 2.